The molecule has 0 bridgehead atoms. The number of aliphatic carboxylic acids is 1. The molecule has 0 spiro atoms. The van der Waals surface area contributed by atoms with E-state index in [4.69, 9.17) is 5.11 Å². The highest BCUT2D eigenvalue weighted by molar-refractivity contribution is 5.66. The molecule has 0 aliphatic rings. The maximum absolute atomic E-state index is 10.5. The third-order valence-corrected chi connectivity index (χ3v) is 3.03. The van der Waals surface area contributed by atoms with Crippen molar-refractivity contribution in [2.24, 2.45) is 0 Å². The molecule has 0 amide bonds. The summed E-state index contributed by atoms with van der Waals surface area (Å²) in [6.45, 7) is 2.72. The normalized spacial score (nSPS) is 12.3. The first kappa shape index (κ1) is 14.7. The molecule has 100 valence electrons. The molecule has 0 aromatic heterocycles. The highest BCUT2D eigenvalue weighted by atomic mass is 16.4. The number of rotatable bonds is 9. The first-order valence-corrected chi connectivity index (χ1v) is 6.74. The van der Waals surface area contributed by atoms with Crippen LogP contribution >= 0.6 is 0 Å². The Labute approximate surface area is 109 Å². The second-order valence-corrected chi connectivity index (χ2v) is 4.56. The maximum Gasteiger partial charge on any atom is 0.304 e. The zero-order valence-electron chi connectivity index (χ0n) is 11.1. The van der Waals surface area contributed by atoms with Gasteiger partial charge in [0.1, 0.15) is 0 Å². The van der Waals surface area contributed by atoms with Crippen molar-refractivity contribution in [3.05, 3.63) is 35.9 Å². The molecule has 1 atom stereocenters. The second-order valence-electron chi connectivity index (χ2n) is 4.56. The summed E-state index contributed by atoms with van der Waals surface area (Å²) in [5.74, 6) is -0.747. The second kappa shape index (κ2) is 8.70. The first-order chi connectivity index (χ1) is 8.74. The summed E-state index contributed by atoms with van der Waals surface area (Å²) >= 11 is 0. The number of hydrogen-bond acceptors (Lipinski definition) is 2. The van der Waals surface area contributed by atoms with Crippen LogP contribution < -0.4 is 5.32 Å². The van der Waals surface area contributed by atoms with E-state index in [0.29, 0.717) is 6.54 Å². The van der Waals surface area contributed by atoms with Crippen LogP contribution in [0.15, 0.2) is 30.3 Å². The zero-order valence-corrected chi connectivity index (χ0v) is 11.1. The van der Waals surface area contributed by atoms with Crippen molar-refractivity contribution >= 4 is 5.97 Å². The third kappa shape index (κ3) is 5.82. The van der Waals surface area contributed by atoms with Gasteiger partial charge in [-0.05, 0) is 12.0 Å². The van der Waals surface area contributed by atoms with Gasteiger partial charge < -0.3 is 10.4 Å². The molecule has 1 aromatic carbocycles. The van der Waals surface area contributed by atoms with E-state index in [1.807, 2.05) is 18.2 Å². The number of unbranched alkanes of at least 4 members (excludes halogenated alkanes) is 2. The van der Waals surface area contributed by atoms with Crippen LogP contribution in [-0.4, -0.2) is 17.6 Å². The largest absolute Gasteiger partial charge is 0.481 e. The highest BCUT2D eigenvalue weighted by Gasteiger charge is 2.10. The van der Waals surface area contributed by atoms with Gasteiger partial charge in [-0.25, -0.2) is 0 Å². The van der Waals surface area contributed by atoms with Gasteiger partial charge in [-0.3, -0.25) is 4.79 Å². The molecule has 1 unspecified atom stereocenters. The van der Waals surface area contributed by atoms with Crippen LogP contribution in [0.25, 0.3) is 0 Å². The van der Waals surface area contributed by atoms with Crippen molar-refractivity contribution in [3.63, 3.8) is 0 Å². The van der Waals surface area contributed by atoms with Crippen LogP contribution in [0.2, 0.25) is 0 Å². The van der Waals surface area contributed by atoms with E-state index < -0.39 is 5.97 Å². The first-order valence-electron chi connectivity index (χ1n) is 6.74. The summed E-state index contributed by atoms with van der Waals surface area (Å²) in [6.07, 6.45) is 4.85. The molecule has 0 saturated heterocycles. The van der Waals surface area contributed by atoms with Gasteiger partial charge in [0.2, 0.25) is 0 Å². The molecule has 2 N–H and O–H groups in total. The number of carboxylic acids is 1. The monoisotopic (exact) mass is 249 g/mol. The Morgan fingerprint density at radius 3 is 2.61 bits per heavy atom. The molecule has 3 heteroatoms. The van der Waals surface area contributed by atoms with Crippen molar-refractivity contribution < 1.29 is 9.90 Å². The van der Waals surface area contributed by atoms with Crippen LogP contribution in [0.5, 0.6) is 0 Å². The number of carboxylic acid groups (broad SMARTS) is 1. The molecular formula is C15H23NO2. The molecule has 0 heterocycles. The lowest BCUT2D eigenvalue weighted by molar-refractivity contribution is -0.136. The Morgan fingerprint density at radius 2 is 2.00 bits per heavy atom. The van der Waals surface area contributed by atoms with E-state index in [1.165, 1.54) is 24.8 Å². The summed E-state index contributed by atoms with van der Waals surface area (Å²) in [5.41, 5.74) is 1.25. The van der Waals surface area contributed by atoms with Crippen LogP contribution in [0.3, 0.4) is 0 Å². The number of benzene rings is 1. The van der Waals surface area contributed by atoms with Crippen molar-refractivity contribution in [1.82, 2.24) is 5.32 Å². The fraction of sp³-hybridized carbons (Fsp3) is 0.533. The summed E-state index contributed by atoms with van der Waals surface area (Å²) in [7, 11) is 0. The Morgan fingerprint density at radius 1 is 1.28 bits per heavy atom. The minimum absolute atomic E-state index is 0.178. The Hall–Kier alpha value is -1.35. The molecule has 0 aliphatic heterocycles. The van der Waals surface area contributed by atoms with Crippen LogP contribution in [0, 0.1) is 0 Å². The SMILES string of the molecule is CCCCCC(NCCC(=O)O)c1ccccc1. The Balaban J connectivity index is 2.49. The summed E-state index contributed by atoms with van der Waals surface area (Å²) in [6, 6.07) is 10.5. The number of hydrogen-bond donors (Lipinski definition) is 2. The quantitative estimate of drug-likeness (QED) is 0.660. The molecular weight excluding hydrogens is 226 g/mol. The van der Waals surface area contributed by atoms with Gasteiger partial charge in [-0.1, -0.05) is 56.5 Å². The van der Waals surface area contributed by atoms with Gasteiger partial charge in [0.05, 0.1) is 6.42 Å². The molecule has 3 nitrogen and oxygen atoms in total. The molecule has 0 radical (unpaired) electrons. The van der Waals surface area contributed by atoms with Gasteiger partial charge in [0, 0.05) is 12.6 Å². The van der Waals surface area contributed by atoms with Gasteiger partial charge in [0.15, 0.2) is 0 Å². The van der Waals surface area contributed by atoms with Crippen LogP contribution in [0.4, 0.5) is 0 Å². The smallest absolute Gasteiger partial charge is 0.304 e. The maximum atomic E-state index is 10.5. The average molecular weight is 249 g/mol. The molecule has 1 rings (SSSR count). The lowest BCUT2D eigenvalue weighted by Gasteiger charge is -2.18. The predicted octanol–water partition coefficient (Wildman–Crippen LogP) is 3.37. The van der Waals surface area contributed by atoms with Crippen LogP contribution in [-0.2, 0) is 4.79 Å². The highest BCUT2D eigenvalue weighted by Crippen LogP contribution is 2.19. The van der Waals surface area contributed by atoms with Gasteiger partial charge in [-0.15, -0.1) is 0 Å². The third-order valence-electron chi connectivity index (χ3n) is 3.03. The van der Waals surface area contributed by atoms with Gasteiger partial charge in [-0.2, -0.15) is 0 Å². The van der Waals surface area contributed by atoms with E-state index in [-0.39, 0.29) is 12.5 Å². The van der Waals surface area contributed by atoms with Crippen molar-refractivity contribution in [3.8, 4) is 0 Å². The molecule has 0 fully saturated rings. The summed E-state index contributed by atoms with van der Waals surface area (Å²) < 4.78 is 0. The lowest BCUT2D eigenvalue weighted by atomic mass is 10.0. The van der Waals surface area contributed by atoms with Gasteiger partial charge in [0.25, 0.3) is 0 Å². The van der Waals surface area contributed by atoms with Crippen molar-refractivity contribution in [2.75, 3.05) is 6.54 Å². The number of carbonyl (C=O) groups is 1. The number of nitrogens with one attached hydrogen (secondary N) is 1. The fourth-order valence-electron chi connectivity index (χ4n) is 2.02. The predicted molar refractivity (Wildman–Crippen MR) is 73.6 cm³/mol. The molecule has 1 aromatic rings. The molecule has 0 saturated carbocycles. The van der Waals surface area contributed by atoms with E-state index in [1.54, 1.807) is 0 Å². The topological polar surface area (TPSA) is 49.3 Å². The summed E-state index contributed by atoms with van der Waals surface area (Å²) in [5, 5.41) is 12.0. The Kier molecular flexibility index (Phi) is 7.11. The minimum atomic E-state index is -0.747. The molecule has 0 aliphatic carbocycles. The fourth-order valence-corrected chi connectivity index (χ4v) is 2.02. The minimum Gasteiger partial charge on any atom is -0.481 e. The standard InChI is InChI=1S/C15H23NO2/c1-2-3-5-10-14(16-12-11-15(17)18)13-8-6-4-7-9-13/h4,6-9,14,16H,2-3,5,10-12H2,1H3,(H,17,18). The van der Waals surface area contributed by atoms with Crippen molar-refractivity contribution in [2.45, 2.75) is 45.1 Å². The van der Waals surface area contributed by atoms with Gasteiger partial charge >= 0.3 is 5.97 Å². The van der Waals surface area contributed by atoms with Crippen LogP contribution in [0.1, 0.15) is 50.6 Å². The van der Waals surface area contributed by atoms with E-state index in [9.17, 15) is 4.79 Å². The average Bonchev–Trinajstić information content (AvgIpc) is 2.38. The zero-order chi connectivity index (χ0) is 13.2. The lowest BCUT2D eigenvalue weighted by Crippen LogP contribution is -2.24. The van der Waals surface area contributed by atoms with E-state index in [0.717, 1.165) is 6.42 Å². The van der Waals surface area contributed by atoms with Crippen molar-refractivity contribution in [1.29, 1.82) is 0 Å². The summed E-state index contributed by atoms with van der Waals surface area (Å²) in [4.78, 5) is 10.5. The molecule has 18 heavy (non-hydrogen) atoms. The van der Waals surface area contributed by atoms with E-state index >= 15 is 0 Å². The Bertz CT molecular complexity index is 338. The van der Waals surface area contributed by atoms with E-state index in [2.05, 4.69) is 24.4 Å².